The highest BCUT2D eigenvalue weighted by molar-refractivity contribution is 9.10. The van der Waals surface area contributed by atoms with Crippen LogP contribution in [0.25, 0.3) is 0 Å². The summed E-state index contributed by atoms with van der Waals surface area (Å²) in [5.41, 5.74) is 6.92. The van der Waals surface area contributed by atoms with E-state index in [1.54, 1.807) is 0 Å². The van der Waals surface area contributed by atoms with E-state index in [4.69, 9.17) is 5.73 Å². The monoisotopic (exact) mass is 297 g/mol. The second-order valence-electron chi connectivity index (χ2n) is 4.64. The summed E-state index contributed by atoms with van der Waals surface area (Å²) in [6.45, 7) is 0.851. The predicted octanol–water partition coefficient (Wildman–Crippen LogP) is 4.68. The summed E-state index contributed by atoms with van der Waals surface area (Å²) in [5.74, 6) is 0. The summed E-state index contributed by atoms with van der Waals surface area (Å²) >= 11 is 3.46. The molecule has 0 aromatic heterocycles. The van der Waals surface area contributed by atoms with Crippen molar-refractivity contribution in [2.24, 2.45) is 5.73 Å². The fraction of sp³-hybridized carbons (Fsp3) is 0.600. The number of rotatable bonds is 9. The van der Waals surface area contributed by atoms with Crippen LogP contribution in [0.1, 0.15) is 50.5 Å². The molecule has 0 saturated heterocycles. The molecule has 0 atom stereocenters. The molecule has 0 saturated carbocycles. The molecule has 0 bridgehead atoms. The maximum atomic E-state index is 5.46. The number of benzene rings is 1. The maximum absolute atomic E-state index is 5.46. The van der Waals surface area contributed by atoms with E-state index in [0.29, 0.717) is 0 Å². The van der Waals surface area contributed by atoms with Gasteiger partial charge < -0.3 is 5.73 Å². The van der Waals surface area contributed by atoms with Crippen LogP contribution in [0.5, 0.6) is 0 Å². The van der Waals surface area contributed by atoms with Crippen molar-refractivity contribution >= 4 is 15.9 Å². The van der Waals surface area contributed by atoms with Gasteiger partial charge in [0.05, 0.1) is 0 Å². The molecule has 0 radical (unpaired) electrons. The molecule has 1 nitrogen and oxygen atoms in total. The third-order valence-electron chi connectivity index (χ3n) is 3.08. The lowest BCUT2D eigenvalue weighted by atomic mass is 10.0. The van der Waals surface area contributed by atoms with E-state index in [2.05, 4.69) is 40.2 Å². The summed E-state index contributed by atoms with van der Waals surface area (Å²) in [6.07, 6.45) is 10.5. The van der Waals surface area contributed by atoms with E-state index in [1.807, 2.05) is 0 Å². The molecule has 0 aliphatic rings. The Kier molecular flexibility index (Phi) is 8.37. The van der Waals surface area contributed by atoms with Gasteiger partial charge in [0, 0.05) is 4.47 Å². The standard InChI is InChI=1S/C15H24BrN/c16-15-11-9-14(10-12-15)8-6-4-2-1-3-5-7-13-17/h9-12H,1-8,13,17H2. The van der Waals surface area contributed by atoms with Crippen molar-refractivity contribution < 1.29 is 0 Å². The molecule has 2 N–H and O–H groups in total. The van der Waals surface area contributed by atoms with Gasteiger partial charge in [0.2, 0.25) is 0 Å². The Morgan fingerprint density at radius 2 is 1.29 bits per heavy atom. The largest absolute Gasteiger partial charge is 0.330 e. The van der Waals surface area contributed by atoms with E-state index in [-0.39, 0.29) is 0 Å². The van der Waals surface area contributed by atoms with E-state index in [1.165, 1.54) is 61.4 Å². The number of unbranched alkanes of at least 4 members (excludes halogenated alkanes) is 6. The summed E-state index contributed by atoms with van der Waals surface area (Å²) in [4.78, 5) is 0. The van der Waals surface area contributed by atoms with Crippen LogP contribution in [-0.2, 0) is 6.42 Å². The fourth-order valence-corrected chi connectivity index (χ4v) is 2.27. The average Bonchev–Trinajstić information content (AvgIpc) is 2.35. The highest BCUT2D eigenvalue weighted by atomic mass is 79.9. The molecule has 0 heterocycles. The second-order valence-corrected chi connectivity index (χ2v) is 5.56. The van der Waals surface area contributed by atoms with Crippen LogP contribution >= 0.6 is 15.9 Å². The molecular weight excluding hydrogens is 274 g/mol. The Balaban J connectivity index is 1.95. The minimum atomic E-state index is 0.851. The Hall–Kier alpha value is -0.340. The number of hydrogen-bond donors (Lipinski definition) is 1. The molecule has 17 heavy (non-hydrogen) atoms. The first-order chi connectivity index (χ1) is 8.33. The predicted molar refractivity (Wildman–Crippen MR) is 79.2 cm³/mol. The summed E-state index contributed by atoms with van der Waals surface area (Å²) in [5, 5.41) is 0. The van der Waals surface area contributed by atoms with Crippen molar-refractivity contribution in [2.75, 3.05) is 6.54 Å². The molecule has 0 amide bonds. The van der Waals surface area contributed by atoms with E-state index in [9.17, 15) is 0 Å². The number of aryl methyl sites for hydroxylation is 1. The van der Waals surface area contributed by atoms with Gasteiger partial charge in [-0.25, -0.2) is 0 Å². The third-order valence-corrected chi connectivity index (χ3v) is 3.61. The minimum absolute atomic E-state index is 0.851. The zero-order valence-electron chi connectivity index (χ0n) is 10.6. The van der Waals surface area contributed by atoms with Gasteiger partial charge in [0.25, 0.3) is 0 Å². The smallest absolute Gasteiger partial charge is 0.0175 e. The molecule has 0 aliphatic heterocycles. The van der Waals surface area contributed by atoms with Crippen molar-refractivity contribution in [1.82, 2.24) is 0 Å². The third kappa shape index (κ3) is 7.56. The first kappa shape index (κ1) is 14.7. The van der Waals surface area contributed by atoms with Gasteiger partial charge in [0.15, 0.2) is 0 Å². The maximum Gasteiger partial charge on any atom is 0.0175 e. The summed E-state index contributed by atoms with van der Waals surface area (Å²) in [7, 11) is 0. The van der Waals surface area contributed by atoms with E-state index >= 15 is 0 Å². The van der Waals surface area contributed by atoms with Gasteiger partial charge in [-0.05, 0) is 43.5 Å². The zero-order valence-corrected chi connectivity index (χ0v) is 12.2. The number of hydrogen-bond acceptors (Lipinski definition) is 1. The van der Waals surface area contributed by atoms with Gasteiger partial charge >= 0.3 is 0 Å². The molecule has 0 spiro atoms. The van der Waals surface area contributed by atoms with Crippen LogP contribution in [0.3, 0.4) is 0 Å². The normalized spacial score (nSPS) is 10.7. The molecule has 1 aromatic rings. The first-order valence-corrected chi connectivity index (χ1v) is 7.57. The van der Waals surface area contributed by atoms with Crippen LogP contribution in [0, 0.1) is 0 Å². The Morgan fingerprint density at radius 1 is 0.765 bits per heavy atom. The van der Waals surface area contributed by atoms with Crippen molar-refractivity contribution in [3.63, 3.8) is 0 Å². The highest BCUT2D eigenvalue weighted by Crippen LogP contribution is 2.14. The Labute approximate surface area is 114 Å². The zero-order chi connectivity index (χ0) is 12.3. The first-order valence-electron chi connectivity index (χ1n) is 6.77. The molecule has 0 fully saturated rings. The van der Waals surface area contributed by atoms with Crippen LogP contribution < -0.4 is 5.73 Å². The van der Waals surface area contributed by atoms with E-state index in [0.717, 1.165) is 6.54 Å². The fourth-order valence-electron chi connectivity index (χ4n) is 2.01. The van der Waals surface area contributed by atoms with Crippen LogP contribution in [0.4, 0.5) is 0 Å². The molecule has 96 valence electrons. The molecule has 0 unspecified atom stereocenters. The van der Waals surface area contributed by atoms with Crippen molar-refractivity contribution in [3.05, 3.63) is 34.3 Å². The van der Waals surface area contributed by atoms with Crippen molar-refractivity contribution in [1.29, 1.82) is 0 Å². The second kappa shape index (κ2) is 9.67. The topological polar surface area (TPSA) is 26.0 Å². The van der Waals surface area contributed by atoms with Crippen molar-refractivity contribution in [2.45, 2.75) is 51.4 Å². The van der Waals surface area contributed by atoms with Crippen LogP contribution in [0.2, 0.25) is 0 Å². The molecule has 1 aromatic carbocycles. The SMILES string of the molecule is NCCCCCCCCCc1ccc(Br)cc1. The lowest BCUT2D eigenvalue weighted by molar-refractivity contribution is 0.582. The molecule has 0 aliphatic carbocycles. The van der Waals surface area contributed by atoms with Crippen LogP contribution in [0.15, 0.2) is 28.7 Å². The number of nitrogens with two attached hydrogens (primary N) is 1. The average molecular weight is 298 g/mol. The van der Waals surface area contributed by atoms with Gasteiger partial charge in [-0.15, -0.1) is 0 Å². The quantitative estimate of drug-likeness (QED) is 0.658. The summed E-state index contributed by atoms with van der Waals surface area (Å²) < 4.78 is 1.17. The summed E-state index contributed by atoms with van der Waals surface area (Å²) in [6, 6.07) is 8.68. The number of halogens is 1. The van der Waals surface area contributed by atoms with Gasteiger partial charge in [0.1, 0.15) is 0 Å². The minimum Gasteiger partial charge on any atom is -0.330 e. The highest BCUT2D eigenvalue weighted by Gasteiger charge is 1.94. The van der Waals surface area contributed by atoms with Crippen molar-refractivity contribution in [3.8, 4) is 0 Å². The molecule has 2 heteroatoms. The van der Waals surface area contributed by atoms with E-state index < -0.39 is 0 Å². The Bertz CT molecular complexity index is 281. The molecular formula is C15H24BrN. The lowest BCUT2D eigenvalue weighted by Gasteiger charge is -2.02. The van der Waals surface area contributed by atoms with Gasteiger partial charge in [-0.1, -0.05) is 60.2 Å². The Morgan fingerprint density at radius 3 is 1.88 bits per heavy atom. The van der Waals surface area contributed by atoms with Crippen LogP contribution in [-0.4, -0.2) is 6.54 Å². The van der Waals surface area contributed by atoms with Gasteiger partial charge in [-0.2, -0.15) is 0 Å². The molecule has 1 rings (SSSR count). The lowest BCUT2D eigenvalue weighted by Crippen LogP contribution is -1.97. The van der Waals surface area contributed by atoms with Gasteiger partial charge in [-0.3, -0.25) is 0 Å².